The van der Waals surface area contributed by atoms with Crippen molar-refractivity contribution in [1.82, 2.24) is 4.90 Å². The van der Waals surface area contributed by atoms with Crippen LogP contribution in [0.15, 0.2) is 18.2 Å². The van der Waals surface area contributed by atoms with Crippen LogP contribution in [0.5, 0.6) is 0 Å². The van der Waals surface area contributed by atoms with Gasteiger partial charge in [-0.25, -0.2) is 0 Å². The van der Waals surface area contributed by atoms with Crippen LogP contribution in [0.2, 0.25) is 0 Å². The van der Waals surface area contributed by atoms with E-state index in [0.29, 0.717) is 31.1 Å². The van der Waals surface area contributed by atoms with E-state index in [0.717, 1.165) is 19.3 Å². The van der Waals surface area contributed by atoms with Crippen molar-refractivity contribution >= 4 is 5.91 Å². The standard InChI is InChI=1S/C16H20F3NO2/c1-11-10-12(15(2,22)16(17,18)19)6-7-13(11)14(21)20-8-4-3-5-9-20/h6-7,10,22H,3-5,8-9H2,1-2H3. The van der Waals surface area contributed by atoms with E-state index in [-0.39, 0.29) is 11.5 Å². The zero-order valence-corrected chi connectivity index (χ0v) is 12.7. The maximum Gasteiger partial charge on any atom is 0.421 e. The fraction of sp³-hybridized carbons (Fsp3) is 0.562. The number of hydrogen-bond acceptors (Lipinski definition) is 2. The second-order valence-electron chi connectivity index (χ2n) is 5.95. The van der Waals surface area contributed by atoms with Gasteiger partial charge in [0.25, 0.3) is 5.91 Å². The van der Waals surface area contributed by atoms with Crippen molar-refractivity contribution in [3.05, 3.63) is 34.9 Å². The number of halogens is 3. The zero-order chi connectivity index (χ0) is 16.5. The van der Waals surface area contributed by atoms with Crippen LogP contribution in [0.1, 0.15) is 47.7 Å². The Kier molecular flexibility index (Phi) is 4.52. The molecule has 1 atom stereocenters. The Morgan fingerprint density at radius 3 is 2.27 bits per heavy atom. The highest BCUT2D eigenvalue weighted by Crippen LogP contribution is 2.39. The van der Waals surface area contributed by atoms with Crippen LogP contribution >= 0.6 is 0 Å². The Balaban J connectivity index is 2.28. The van der Waals surface area contributed by atoms with E-state index < -0.39 is 11.8 Å². The van der Waals surface area contributed by atoms with Gasteiger partial charge in [0.15, 0.2) is 5.60 Å². The molecule has 1 aliphatic rings. The monoisotopic (exact) mass is 315 g/mol. The Bertz CT molecular complexity index is 561. The van der Waals surface area contributed by atoms with E-state index in [4.69, 9.17) is 0 Å². The first-order valence-electron chi connectivity index (χ1n) is 7.34. The highest BCUT2D eigenvalue weighted by atomic mass is 19.4. The van der Waals surface area contributed by atoms with Gasteiger partial charge in [-0.1, -0.05) is 12.1 Å². The second-order valence-corrected chi connectivity index (χ2v) is 5.95. The molecule has 1 N–H and O–H groups in total. The van der Waals surface area contributed by atoms with Crippen molar-refractivity contribution in [2.24, 2.45) is 0 Å². The van der Waals surface area contributed by atoms with Crippen molar-refractivity contribution < 1.29 is 23.1 Å². The average molecular weight is 315 g/mol. The van der Waals surface area contributed by atoms with E-state index >= 15 is 0 Å². The molecule has 22 heavy (non-hydrogen) atoms. The third-order valence-corrected chi connectivity index (χ3v) is 4.21. The highest BCUT2D eigenvalue weighted by Gasteiger charge is 2.51. The summed E-state index contributed by atoms with van der Waals surface area (Å²) >= 11 is 0. The molecule has 0 aromatic heterocycles. The quantitative estimate of drug-likeness (QED) is 0.909. The SMILES string of the molecule is Cc1cc(C(C)(O)C(F)(F)F)ccc1C(=O)N1CCCCC1. The lowest BCUT2D eigenvalue weighted by molar-refractivity contribution is -0.258. The molecule has 1 fully saturated rings. The number of carbonyl (C=O) groups excluding carboxylic acids is 1. The van der Waals surface area contributed by atoms with Gasteiger partial charge >= 0.3 is 6.18 Å². The lowest BCUT2D eigenvalue weighted by Gasteiger charge is -2.29. The van der Waals surface area contributed by atoms with E-state index in [1.54, 1.807) is 11.8 Å². The molecular weight excluding hydrogens is 295 g/mol. The second kappa shape index (κ2) is 5.91. The summed E-state index contributed by atoms with van der Waals surface area (Å²) in [4.78, 5) is 14.1. The predicted molar refractivity (Wildman–Crippen MR) is 76.6 cm³/mol. The van der Waals surface area contributed by atoms with Gasteiger partial charge in [0.1, 0.15) is 0 Å². The van der Waals surface area contributed by atoms with Gasteiger partial charge in [-0.05, 0) is 50.3 Å². The van der Waals surface area contributed by atoms with Crippen molar-refractivity contribution in [3.8, 4) is 0 Å². The van der Waals surface area contributed by atoms with Crippen LogP contribution in [0, 0.1) is 6.92 Å². The molecule has 1 unspecified atom stereocenters. The molecule has 2 rings (SSSR count). The first kappa shape index (κ1) is 16.8. The molecule has 1 aromatic rings. The number of hydrogen-bond donors (Lipinski definition) is 1. The van der Waals surface area contributed by atoms with Gasteiger partial charge in [0.05, 0.1) is 0 Å². The normalized spacial score (nSPS) is 18.9. The van der Waals surface area contributed by atoms with Gasteiger partial charge < -0.3 is 10.0 Å². The van der Waals surface area contributed by atoms with Gasteiger partial charge in [-0.3, -0.25) is 4.79 Å². The summed E-state index contributed by atoms with van der Waals surface area (Å²) in [6, 6.07) is 3.80. The number of likely N-dealkylation sites (tertiary alicyclic amines) is 1. The topological polar surface area (TPSA) is 40.5 Å². The minimum absolute atomic E-state index is 0.157. The molecule has 1 heterocycles. The number of aliphatic hydroxyl groups is 1. The lowest BCUT2D eigenvalue weighted by atomic mass is 9.92. The van der Waals surface area contributed by atoms with Crippen molar-refractivity contribution in [2.75, 3.05) is 13.1 Å². The van der Waals surface area contributed by atoms with Crippen LogP contribution in [0.4, 0.5) is 13.2 Å². The predicted octanol–water partition coefficient (Wildman–Crippen LogP) is 3.39. The third kappa shape index (κ3) is 3.11. The molecule has 0 aliphatic carbocycles. The maximum atomic E-state index is 12.9. The number of rotatable bonds is 2. The van der Waals surface area contributed by atoms with Crippen LogP contribution in [0.3, 0.4) is 0 Å². The van der Waals surface area contributed by atoms with E-state index in [1.165, 1.54) is 18.2 Å². The molecule has 0 spiro atoms. The number of nitrogens with zero attached hydrogens (tertiary/aromatic N) is 1. The zero-order valence-electron chi connectivity index (χ0n) is 12.7. The van der Waals surface area contributed by atoms with E-state index in [2.05, 4.69) is 0 Å². The van der Waals surface area contributed by atoms with Crippen molar-refractivity contribution in [3.63, 3.8) is 0 Å². The van der Waals surface area contributed by atoms with E-state index in [1.807, 2.05) is 0 Å². The maximum absolute atomic E-state index is 12.9. The van der Waals surface area contributed by atoms with Gasteiger partial charge in [-0.15, -0.1) is 0 Å². The van der Waals surface area contributed by atoms with Gasteiger partial charge in [0, 0.05) is 18.7 Å². The molecule has 1 saturated heterocycles. The summed E-state index contributed by atoms with van der Waals surface area (Å²) in [6.45, 7) is 3.67. The van der Waals surface area contributed by atoms with Crippen LogP contribution in [0.25, 0.3) is 0 Å². The summed E-state index contributed by atoms with van der Waals surface area (Å²) in [6.07, 6.45) is -1.77. The van der Waals surface area contributed by atoms with E-state index in [9.17, 15) is 23.1 Å². The fourth-order valence-electron chi connectivity index (χ4n) is 2.64. The molecule has 6 heteroatoms. The van der Waals surface area contributed by atoms with Gasteiger partial charge in [0.2, 0.25) is 0 Å². The smallest absolute Gasteiger partial charge is 0.376 e. The summed E-state index contributed by atoms with van der Waals surface area (Å²) < 4.78 is 38.6. The summed E-state index contributed by atoms with van der Waals surface area (Å²) in [5, 5.41) is 9.70. The number of aryl methyl sites for hydroxylation is 1. The third-order valence-electron chi connectivity index (χ3n) is 4.21. The Labute approximate surface area is 127 Å². The Morgan fingerprint density at radius 1 is 1.18 bits per heavy atom. The highest BCUT2D eigenvalue weighted by molar-refractivity contribution is 5.95. The number of carbonyl (C=O) groups is 1. The molecule has 122 valence electrons. The first-order chi connectivity index (χ1) is 10.1. The number of amides is 1. The molecule has 0 bridgehead atoms. The Hall–Kier alpha value is -1.56. The molecule has 3 nitrogen and oxygen atoms in total. The first-order valence-corrected chi connectivity index (χ1v) is 7.34. The summed E-state index contributed by atoms with van der Waals surface area (Å²) in [5.41, 5.74) is -2.35. The van der Waals surface area contributed by atoms with Crippen LogP contribution in [-0.4, -0.2) is 35.2 Å². The van der Waals surface area contributed by atoms with Crippen molar-refractivity contribution in [2.45, 2.75) is 44.9 Å². The number of piperidine rings is 1. The minimum Gasteiger partial charge on any atom is -0.376 e. The van der Waals surface area contributed by atoms with Gasteiger partial charge in [-0.2, -0.15) is 13.2 Å². The summed E-state index contributed by atoms with van der Waals surface area (Å²) in [5.74, 6) is -0.157. The average Bonchev–Trinajstić information content (AvgIpc) is 2.46. The van der Waals surface area contributed by atoms with Crippen molar-refractivity contribution in [1.29, 1.82) is 0 Å². The molecule has 1 aromatic carbocycles. The molecule has 1 amide bonds. The minimum atomic E-state index is -4.77. The Morgan fingerprint density at radius 2 is 1.77 bits per heavy atom. The number of alkyl halides is 3. The molecular formula is C16H20F3NO2. The fourth-order valence-corrected chi connectivity index (χ4v) is 2.64. The van der Waals surface area contributed by atoms with Crippen LogP contribution < -0.4 is 0 Å². The molecule has 1 aliphatic heterocycles. The molecule has 0 radical (unpaired) electrons. The van der Waals surface area contributed by atoms with Crippen LogP contribution in [-0.2, 0) is 5.60 Å². The summed E-state index contributed by atoms with van der Waals surface area (Å²) in [7, 11) is 0. The largest absolute Gasteiger partial charge is 0.421 e. The number of benzene rings is 1. The molecule has 0 saturated carbocycles. The lowest BCUT2D eigenvalue weighted by Crippen LogP contribution is -2.39.